The third-order valence-corrected chi connectivity index (χ3v) is 6.43. The van der Waals surface area contributed by atoms with E-state index in [0.29, 0.717) is 25.2 Å². The number of hydrogen-bond acceptors (Lipinski definition) is 3. The quantitative estimate of drug-likeness (QED) is 0.595. The number of fused-ring (bicyclic) bond motifs is 1. The van der Waals surface area contributed by atoms with Crippen molar-refractivity contribution in [3.05, 3.63) is 42.0 Å². The van der Waals surface area contributed by atoms with Gasteiger partial charge in [-0.3, -0.25) is 19.3 Å². The summed E-state index contributed by atoms with van der Waals surface area (Å²) in [6, 6.07) is 7.30. The fourth-order valence-corrected chi connectivity index (χ4v) is 4.95. The molecule has 1 heterocycles. The molecule has 4 atom stereocenters. The van der Waals surface area contributed by atoms with Gasteiger partial charge >= 0.3 is 0 Å². The molecule has 2 bridgehead atoms. The van der Waals surface area contributed by atoms with Gasteiger partial charge < -0.3 is 4.90 Å². The number of allylic oxidation sites excluding steroid dienone is 2. The summed E-state index contributed by atoms with van der Waals surface area (Å²) in [6.45, 7) is 5.33. The van der Waals surface area contributed by atoms with Crippen LogP contribution in [0.1, 0.15) is 32.3 Å². The van der Waals surface area contributed by atoms with Crippen molar-refractivity contribution in [3.8, 4) is 0 Å². The second-order valence-corrected chi connectivity index (χ2v) is 7.76. The highest BCUT2D eigenvalue weighted by molar-refractivity contribution is 6.22. The fourth-order valence-electron chi connectivity index (χ4n) is 4.95. The lowest BCUT2D eigenvalue weighted by molar-refractivity contribution is -0.130. The summed E-state index contributed by atoms with van der Waals surface area (Å²) in [7, 11) is 0. The van der Waals surface area contributed by atoms with Crippen molar-refractivity contribution in [2.45, 2.75) is 33.1 Å². The number of amides is 3. The summed E-state index contributed by atoms with van der Waals surface area (Å²) in [6.07, 6.45) is 6.60. The molecule has 27 heavy (non-hydrogen) atoms. The molecule has 1 saturated carbocycles. The molecule has 0 radical (unpaired) electrons. The SMILES string of the molecule is CCN(CC)C(=O)Cc1ccc(N2C(=O)C3C4C=CC(CC4)C3C2=O)cc1. The highest BCUT2D eigenvalue weighted by Crippen LogP contribution is 2.50. The summed E-state index contributed by atoms with van der Waals surface area (Å²) < 4.78 is 0. The Bertz CT molecular complexity index is 762. The maximum absolute atomic E-state index is 13.0. The predicted octanol–water partition coefficient (Wildman–Crippen LogP) is 2.80. The van der Waals surface area contributed by atoms with Gasteiger partial charge in [-0.1, -0.05) is 24.3 Å². The Balaban J connectivity index is 1.52. The summed E-state index contributed by atoms with van der Waals surface area (Å²) in [5, 5.41) is 0. The van der Waals surface area contributed by atoms with E-state index in [1.165, 1.54) is 4.90 Å². The Morgan fingerprint density at radius 3 is 1.93 bits per heavy atom. The first-order chi connectivity index (χ1) is 13.0. The lowest BCUT2D eigenvalue weighted by atomic mass is 9.63. The molecule has 1 saturated heterocycles. The van der Waals surface area contributed by atoms with E-state index in [1.54, 1.807) is 17.0 Å². The molecule has 5 rings (SSSR count). The van der Waals surface area contributed by atoms with E-state index < -0.39 is 0 Å². The molecule has 3 aliphatic carbocycles. The van der Waals surface area contributed by atoms with Crippen molar-refractivity contribution in [3.63, 3.8) is 0 Å². The number of rotatable bonds is 5. The first-order valence-electron chi connectivity index (χ1n) is 9.98. The van der Waals surface area contributed by atoms with E-state index in [0.717, 1.165) is 18.4 Å². The highest BCUT2D eigenvalue weighted by atomic mass is 16.2. The Morgan fingerprint density at radius 1 is 0.963 bits per heavy atom. The van der Waals surface area contributed by atoms with Crippen molar-refractivity contribution in [1.29, 1.82) is 0 Å². The minimum absolute atomic E-state index is 0.0592. The van der Waals surface area contributed by atoms with Gasteiger partial charge in [0.05, 0.1) is 23.9 Å². The summed E-state index contributed by atoms with van der Waals surface area (Å²) in [5.41, 5.74) is 1.52. The molecule has 5 heteroatoms. The van der Waals surface area contributed by atoms with Crippen LogP contribution in [0.4, 0.5) is 5.69 Å². The number of hydrogen-bond donors (Lipinski definition) is 0. The lowest BCUT2D eigenvalue weighted by Crippen LogP contribution is -2.38. The number of carbonyl (C=O) groups is 3. The monoisotopic (exact) mass is 366 g/mol. The van der Waals surface area contributed by atoms with E-state index in [2.05, 4.69) is 12.2 Å². The van der Waals surface area contributed by atoms with Gasteiger partial charge in [0.25, 0.3) is 0 Å². The molecule has 1 aromatic rings. The average Bonchev–Trinajstić information content (AvgIpc) is 2.97. The molecule has 4 aliphatic rings. The van der Waals surface area contributed by atoms with Gasteiger partial charge in [-0.2, -0.15) is 0 Å². The van der Waals surface area contributed by atoms with Crippen LogP contribution in [0.5, 0.6) is 0 Å². The largest absolute Gasteiger partial charge is 0.343 e. The first-order valence-corrected chi connectivity index (χ1v) is 9.98. The first kappa shape index (κ1) is 18.0. The van der Waals surface area contributed by atoms with Gasteiger partial charge in [0, 0.05) is 13.1 Å². The molecule has 0 spiro atoms. The zero-order valence-corrected chi connectivity index (χ0v) is 15.9. The summed E-state index contributed by atoms with van der Waals surface area (Å²) in [4.78, 5) is 41.4. The van der Waals surface area contributed by atoms with Crippen LogP contribution in [0.2, 0.25) is 0 Å². The molecule has 2 fully saturated rings. The maximum Gasteiger partial charge on any atom is 0.238 e. The van der Waals surface area contributed by atoms with Crippen LogP contribution in [-0.4, -0.2) is 35.7 Å². The molecule has 4 unspecified atom stereocenters. The van der Waals surface area contributed by atoms with Gasteiger partial charge in [0.15, 0.2) is 0 Å². The molecule has 0 aromatic heterocycles. The summed E-state index contributed by atoms with van der Waals surface area (Å²) >= 11 is 0. The zero-order chi connectivity index (χ0) is 19.1. The molecule has 0 N–H and O–H groups in total. The minimum atomic E-state index is -0.190. The van der Waals surface area contributed by atoms with Crippen LogP contribution in [0.3, 0.4) is 0 Å². The van der Waals surface area contributed by atoms with Crippen LogP contribution < -0.4 is 4.90 Å². The smallest absolute Gasteiger partial charge is 0.238 e. The Labute approximate surface area is 160 Å². The van der Waals surface area contributed by atoms with E-state index in [-0.39, 0.29) is 41.4 Å². The molecule has 3 amide bonds. The second kappa shape index (κ2) is 6.95. The highest BCUT2D eigenvalue weighted by Gasteiger charge is 2.56. The van der Waals surface area contributed by atoms with Crippen molar-refractivity contribution in [1.82, 2.24) is 4.90 Å². The number of imide groups is 1. The Hall–Kier alpha value is -2.43. The molecule has 142 valence electrons. The van der Waals surface area contributed by atoms with Crippen LogP contribution in [0, 0.1) is 23.7 Å². The maximum atomic E-state index is 13.0. The fraction of sp³-hybridized carbons (Fsp3) is 0.500. The van der Waals surface area contributed by atoms with Crippen LogP contribution in [0.25, 0.3) is 0 Å². The number of anilines is 1. The molecule has 5 nitrogen and oxygen atoms in total. The van der Waals surface area contributed by atoms with E-state index in [4.69, 9.17) is 0 Å². The second-order valence-electron chi connectivity index (χ2n) is 7.76. The van der Waals surface area contributed by atoms with Gasteiger partial charge in [-0.05, 0) is 56.2 Å². The third kappa shape index (κ3) is 2.89. The van der Waals surface area contributed by atoms with E-state index >= 15 is 0 Å². The lowest BCUT2D eigenvalue weighted by Gasteiger charge is -2.38. The van der Waals surface area contributed by atoms with Crippen molar-refractivity contribution in [2.75, 3.05) is 18.0 Å². The van der Waals surface area contributed by atoms with Gasteiger partial charge in [0.1, 0.15) is 0 Å². The molecular weight excluding hydrogens is 340 g/mol. The number of nitrogens with zero attached hydrogens (tertiary/aromatic N) is 2. The van der Waals surface area contributed by atoms with Gasteiger partial charge in [-0.15, -0.1) is 0 Å². The van der Waals surface area contributed by atoms with E-state index in [9.17, 15) is 14.4 Å². The zero-order valence-electron chi connectivity index (χ0n) is 15.9. The molecular formula is C22H26N2O3. The predicted molar refractivity (Wildman–Crippen MR) is 103 cm³/mol. The summed E-state index contributed by atoms with van der Waals surface area (Å²) in [5.74, 6) is -0.00282. The molecule has 1 aliphatic heterocycles. The van der Waals surface area contributed by atoms with Crippen LogP contribution in [0.15, 0.2) is 36.4 Å². The number of carbonyl (C=O) groups excluding carboxylic acids is 3. The number of benzene rings is 1. The average molecular weight is 366 g/mol. The van der Waals surface area contributed by atoms with E-state index in [1.807, 2.05) is 26.0 Å². The Kier molecular flexibility index (Phi) is 4.62. The van der Waals surface area contributed by atoms with Gasteiger partial charge in [0.2, 0.25) is 17.7 Å². The van der Waals surface area contributed by atoms with Crippen LogP contribution in [-0.2, 0) is 20.8 Å². The number of likely N-dealkylation sites (N-methyl/N-ethyl adjacent to an activating group) is 1. The standard InChI is InChI=1S/C22H26N2O3/c1-3-23(4-2)18(25)13-14-5-11-17(12-6-14)24-21(26)19-15-7-8-16(10-9-15)20(19)22(24)27/h5-8,11-12,15-16,19-20H,3-4,9-10,13H2,1-2H3. The van der Waals surface area contributed by atoms with Crippen molar-refractivity contribution in [2.24, 2.45) is 23.7 Å². The van der Waals surface area contributed by atoms with Crippen molar-refractivity contribution < 1.29 is 14.4 Å². The van der Waals surface area contributed by atoms with Crippen LogP contribution >= 0.6 is 0 Å². The third-order valence-electron chi connectivity index (χ3n) is 6.43. The normalized spacial score (nSPS) is 28.6. The topological polar surface area (TPSA) is 57.7 Å². The molecule has 1 aromatic carbocycles. The minimum Gasteiger partial charge on any atom is -0.343 e. The van der Waals surface area contributed by atoms with Crippen molar-refractivity contribution >= 4 is 23.4 Å². The Morgan fingerprint density at radius 2 is 1.48 bits per heavy atom. The van der Waals surface area contributed by atoms with Gasteiger partial charge in [-0.25, -0.2) is 0 Å².